The number of aryl methyl sites for hydroxylation is 1. The van der Waals surface area contributed by atoms with Gasteiger partial charge in [-0.25, -0.2) is 0 Å². The third kappa shape index (κ3) is 4.50. The van der Waals surface area contributed by atoms with Gasteiger partial charge in [-0.2, -0.15) is 0 Å². The van der Waals surface area contributed by atoms with E-state index in [1.807, 2.05) is 18.2 Å². The summed E-state index contributed by atoms with van der Waals surface area (Å²) in [5.41, 5.74) is 8.39. The van der Waals surface area contributed by atoms with Gasteiger partial charge in [-0.3, -0.25) is 14.5 Å². The van der Waals surface area contributed by atoms with Gasteiger partial charge in [0.05, 0.1) is 5.56 Å². The van der Waals surface area contributed by atoms with Crippen LogP contribution in [0.2, 0.25) is 0 Å². The van der Waals surface area contributed by atoms with Crippen molar-refractivity contribution in [3.05, 3.63) is 69.4 Å². The summed E-state index contributed by atoms with van der Waals surface area (Å²) in [4.78, 5) is 27.9. The van der Waals surface area contributed by atoms with Gasteiger partial charge in [0.2, 0.25) is 0 Å². The number of carbonyl (C=O) groups excluding carboxylic acids is 2. The number of anilines is 1. The van der Waals surface area contributed by atoms with Crippen molar-refractivity contribution in [3.63, 3.8) is 0 Å². The summed E-state index contributed by atoms with van der Waals surface area (Å²) >= 11 is 1.40. The van der Waals surface area contributed by atoms with E-state index in [1.54, 1.807) is 13.0 Å². The van der Waals surface area contributed by atoms with Crippen LogP contribution < -0.4 is 11.1 Å². The summed E-state index contributed by atoms with van der Waals surface area (Å²) in [7, 11) is 0. The minimum atomic E-state index is -0.527. The van der Waals surface area contributed by atoms with Crippen molar-refractivity contribution >= 4 is 40.6 Å². The summed E-state index contributed by atoms with van der Waals surface area (Å²) in [5.74, 6) is -0.401. The number of aromatic nitrogens is 1. The third-order valence-corrected chi connectivity index (χ3v) is 5.85. The second kappa shape index (κ2) is 8.77. The van der Waals surface area contributed by atoms with Gasteiger partial charge in [0, 0.05) is 30.6 Å². The molecule has 2 amide bonds. The predicted octanol–water partition coefficient (Wildman–Crippen LogP) is 3.38. The highest BCUT2D eigenvalue weighted by atomic mass is 35.5. The van der Waals surface area contributed by atoms with Crippen molar-refractivity contribution < 1.29 is 14.1 Å². The summed E-state index contributed by atoms with van der Waals surface area (Å²) in [5, 5.41) is 6.98. The average Bonchev–Trinajstić information content (AvgIpc) is 3.25. The van der Waals surface area contributed by atoms with Crippen LogP contribution in [0.15, 0.2) is 40.9 Å². The zero-order valence-corrected chi connectivity index (χ0v) is 17.4. The Morgan fingerprint density at radius 3 is 2.72 bits per heavy atom. The number of fused-ring (bicyclic) bond motifs is 1. The lowest BCUT2D eigenvalue weighted by Gasteiger charge is -2.27. The van der Waals surface area contributed by atoms with Crippen molar-refractivity contribution in [2.45, 2.75) is 26.4 Å². The standard InChI is InChI=1S/C20H20N4O3S.ClH/c1-12-9-15(23-27-12)19(26)22-20-17(18(21)25)14-7-8-24(11-16(14)28-20)10-13-5-3-2-4-6-13;/h2-6,9H,7-8,10-11H2,1H3,(H2,21,25)(H,22,26);1H. The number of hydrogen-bond donors (Lipinski definition) is 2. The maximum Gasteiger partial charge on any atom is 0.278 e. The molecular weight excluding hydrogens is 412 g/mol. The Kier molecular flexibility index (Phi) is 6.36. The topological polar surface area (TPSA) is 101 Å². The molecule has 0 saturated carbocycles. The second-order valence-corrected chi connectivity index (χ2v) is 7.90. The van der Waals surface area contributed by atoms with Crippen molar-refractivity contribution in [1.82, 2.24) is 10.1 Å². The molecule has 0 saturated heterocycles. The molecule has 3 N–H and O–H groups in total. The van der Waals surface area contributed by atoms with Gasteiger partial charge in [0.1, 0.15) is 10.8 Å². The van der Waals surface area contributed by atoms with Crippen LogP contribution in [0.1, 0.15) is 42.6 Å². The first-order valence-corrected chi connectivity index (χ1v) is 9.78. The monoisotopic (exact) mass is 432 g/mol. The number of benzene rings is 1. The second-order valence-electron chi connectivity index (χ2n) is 6.80. The van der Waals surface area contributed by atoms with Gasteiger partial charge < -0.3 is 15.6 Å². The quantitative estimate of drug-likeness (QED) is 0.643. The molecule has 3 aromatic rings. The van der Waals surface area contributed by atoms with E-state index in [2.05, 4.69) is 27.5 Å². The Balaban J connectivity index is 0.00000240. The molecule has 0 unspecified atom stereocenters. The molecule has 29 heavy (non-hydrogen) atoms. The lowest BCUT2D eigenvalue weighted by molar-refractivity contribution is 0.0999. The number of halogens is 1. The number of primary amides is 1. The van der Waals surface area contributed by atoms with Crippen LogP contribution in [-0.4, -0.2) is 28.4 Å². The minimum Gasteiger partial charge on any atom is -0.365 e. The summed E-state index contributed by atoms with van der Waals surface area (Å²) in [6.07, 6.45) is 0.718. The first-order valence-electron chi connectivity index (χ1n) is 8.96. The van der Waals surface area contributed by atoms with E-state index < -0.39 is 11.8 Å². The van der Waals surface area contributed by atoms with Gasteiger partial charge in [-0.15, -0.1) is 23.7 Å². The number of nitrogens with two attached hydrogens (primary N) is 1. The molecule has 7 nitrogen and oxygen atoms in total. The Hall–Kier alpha value is -2.68. The van der Waals surface area contributed by atoms with Gasteiger partial charge in [-0.1, -0.05) is 35.5 Å². The van der Waals surface area contributed by atoms with Crippen molar-refractivity contribution in [2.24, 2.45) is 5.73 Å². The highest BCUT2D eigenvalue weighted by molar-refractivity contribution is 7.17. The van der Waals surface area contributed by atoms with Crippen LogP contribution in [0, 0.1) is 6.92 Å². The zero-order chi connectivity index (χ0) is 19.7. The molecule has 152 valence electrons. The molecule has 1 aliphatic rings. The highest BCUT2D eigenvalue weighted by Crippen LogP contribution is 2.37. The predicted molar refractivity (Wildman–Crippen MR) is 114 cm³/mol. The number of rotatable bonds is 5. The van der Waals surface area contributed by atoms with Crippen LogP contribution in [-0.2, 0) is 19.5 Å². The molecule has 1 aliphatic heterocycles. The fourth-order valence-electron chi connectivity index (χ4n) is 3.42. The van der Waals surface area contributed by atoms with Gasteiger partial charge in [0.25, 0.3) is 11.8 Å². The Bertz CT molecular complexity index is 1030. The fraction of sp³-hybridized carbons (Fsp3) is 0.250. The lowest BCUT2D eigenvalue weighted by atomic mass is 10.0. The van der Waals surface area contributed by atoms with Gasteiger partial charge >= 0.3 is 0 Å². The van der Waals surface area contributed by atoms with E-state index in [4.69, 9.17) is 10.3 Å². The summed E-state index contributed by atoms with van der Waals surface area (Å²) in [6, 6.07) is 11.8. The Labute approximate surface area is 178 Å². The van der Waals surface area contributed by atoms with Crippen molar-refractivity contribution in [3.8, 4) is 0 Å². The molecule has 9 heteroatoms. The largest absolute Gasteiger partial charge is 0.365 e. The molecule has 0 aliphatic carbocycles. The van der Waals surface area contributed by atoms with Gasteiger partial charge in [-0.05, 0) is 24.5 Å². The number of nitrogens with zero attached hydrogens (tertiary/aromatic N) is 2. The first kappa shape index (κ1) is 21.0. The van der Waals surface area contributed by atoms with E-state index in [0.717, 1.165) is 30.0 Å². The smallest absolute Gasteiger partial charge is 0.278 e. The number of carbonyl (C=O) groups is 2. The molecular formula is C20H21ClN4O3S. The molecule has 0 spiro atoms. The van der Waals surface area contributed by atoms with E-state index >= 15 is 0 Å². The van der Waals surface area contributed by atoms with Gasteiger partial charge in [0.15, 0.2) is 5.69 Å². The number of amides is 2. The SMILES string of the molecule is Cc1cc(C(=O)Nc2sc3c(c2C(N)=O)CCN(Cc2ccccc2)C3)no1.Cl. The lowest BCUT2D eigenvalue weighted by Crippen LogP contribution is -2.30. The van der Waals surface area contributed by atoms with E-state index in [1.165, 1.54) is 16.9 Å². The molecule has 0 atom stereocenters. The molecule has 4 rings (SSSR count). The molecule has 1 aromatic carbocycles. The number of thiophene rings is 1. The molecule has 0 fully saturated rings. The minimum absolute atomic E-state index is 0. The van der Waals surface area contributed by atoms with Crippen molar-refractivity contribution in [2.75, 3.05) is 11.9 Å². The molecule has 3 heterocycles. The Morgan fingerprint density at radius 2 is 2.07 bits per heavy atom. The highest BCUT2D eigenvalue weighted by Gasteiger charge is 2.28. The average molecular weight is 433 g/mol. The summed E-state index contributed by atoms with van der Waals surface area (Å²) in [6.45, 7) is 4.09. The molecule has 0 radical (unpaired) electrons. The number of nitrogens with one attached hydrogen (secondary N) is 1. The van der Waals surface area contributed by atoms with Crippen LogP contribution >= 0.6 is 23.7 Å². The maximum absolute atomic E-state index is 12.4. The first-order chi connectivity index (χ1) is 13.5. The third-order valence-electron chi connectivity index (χ3n) is 4.72. The van der Waals surface area contributed by atoms with Crippen LogP contribution in [0.4, 0.5) is 5.00 Å². The van der Waals surface area contributed by atoms with Crippen LogP contribution in [0.3, 0.4) is 0 Å². The van der Waals surface area contributed by atoms with E-state index in [-0.39, 0.29) is 18.1 Å². The van der Waals surface area contributed by atoms with E-state index in [0.29, 0.717) is 22.9 Å². The zero-order valence-electron chi connectivity index (χ0n) is 15.8. The normalized spacial score (nSPS) is 13.4. The molecule has 2 aromatic heterocycles. The van der Waals surface area contributed by atoms with Crippen LogP contribution in [0.25, 0.3) is 0 Å². The van der Waals surface area contributed by atoms with Crippen molar-refractivity contribution in [1.29, 1.82) is 0 Å². The number of hydrogen-bond acceptors (Lipinski definition) is 6. The fourth-order valence-corrected chi connectivity index (χ4v) is 4.71. The Morgan fingerprint density at radius 1 is 1.31 bits per heavy atom. The molecule has 0 bridgehead atoms. The van der Waals surface area contributed by atoms with Crippen LogP contribution in [0.5, 0.6) is 0 Å². The maximum atomic E-state index is 12.4. The van der Waals surface area contributed by atoms with E-state index in [9.17, 15) is 9.59 Å². The summed E-state index contributed by atoms with van der Waals surface area (Å²) < 4.78 is 4.95.